The molecule has 98 valence electrons. The van der Waals surface area contributed by atoms with Gasteiger partial charge >= 0.3 is 0 Å². The van der Waals surface area contributed by atoms with Crippen molar-refractivity contribution in [2.75, 3.05) is 5.73 Å². The Balaban J connectivity index is 1.81. The van der Waals surface area contributed by atoms with E-state index in [1.807, 2.05) is 12.1 Å². The van der Waals surface area contributed by atoms with Crippen LogP contribution in [0.1, 0.15) is 16.7 Å². The van der Waals surface area contributed by atoms with Crippen molar-refractivity contribution in [3.05, 3.63) is 63.9 Å². The molecule has 0 spiro atoms. The molecule has 3 rings (SSSR count). The molecule has 0 aliphatic carbocycles. The highest BCUT2D eigenvalue weighted by Gasteiger charge is 2.21. The number of rotatable bonds is 2. The molecule has 0 radical (unpaired) electrons. The van der Waals surface area contributed by atoms with Crippen LogP contribution in [-0.2, 0) is 19.6 Å². The third-order valence-electron chi connectivity index (χ3n) is 3.49. The third-order valence-corrected chi connectivity index (χ3v) is 3.72. The van der Waals surface area contributed by atoms with Crippen LogP contribution in [0.25, 0.3) is 0 Å². The van der Waals surface area contributed by atoms with Crippen LogP contribution in [-0.4, -0.2) is 4.90 Å². The molecule has 2 aromatic carbocycles. The van der Waals surface area contributed by atoms with Gasteiger partial charge in [-0.2, -0.15) is 0 Å². The van der Waals surface area contributed by atoms with E-state index >= 15 is 0 Å². The van der Waals surface area contributed by atoms with Gasteiger partial charge in [-0.1, -0.05) is 23.7 Å². The van der Waals surface area contributed by atoms with Crippen molar-refractivity contribution in [3.8, 4) is 0 Å². The van der Waals surface area contributed by atoms with Crippen molar-refractivity contribution in [1.29, 1.82) is 0 Å². The minimum atomic E-state index is -0.215. The molecule has 0 saturated heterocycles. The lowest BCUT2D eigenvalue weighted by atomic mass is 10.1. The monoisotopic (exact) mass is 276 g/mol. The molecule has 1 aliphatic rings. The quantitative estimate of drug-likeness (QED) is 0.850. The highest BCUT2D eigenvalue weighted by atomic mass is 35.5. The first-order valence-corrected chi connectivity index (χ1v) is 6.54. The summed E-state index contributed by atoms with van der Waals surface area (Å²) in [7, 11) is 0. The van der Waals surface area contributed by atoms with Gasteiger partial charge in [0.2, 0.25) is 0 Å². The minimum absolute atomic E-state index is 0.215. The van der Waals surface area contributed by atoms with Gasteiger partial charge in [0.05, 0.1) is 0 Å². The second-order valence-electron chi connectivity index (χ2n) is 4.87. The fourth-order valence-electron chi connectivity index (χ4n) is 2.53. The van der Waals surface area contributed by atoms with Gasteiger partial charge < -0.3 is 5.73 Å². The largest absolute Gasteiger partial charge is 0.398 e. The van der Waals surface area contributed by atoms with Crippen molar-refractivity contribution < 1.29 is 4.39 Å². The zero-order valence-corrected chi connectivity index (χ0v) is 11.1. The van der Waals surface area contributed by atoms with Crippen LogP contribution in [0.3, 0.4) is 0 Å². The van der Waals surface area contributed by atoms with Crippen LogP contribution >= 0.6 is 11.6 Å². The van der Waals surface area contributed by atoms with E-state index in [9.17, 15) is 4.39 Å². The lowest BCUT2D eigenvalue weighted by molar-refractivity contribution is 0.271. The van der Waals surface area contributed by atoms with Crippen LogP contribution in [0.4, 0.5) is 10.1 Å². The molecule has 19 heavy (non-hydrogen) atoms. The van der Waals surface area contributed by atoms with Crippen LogP contribution in [0.5, 0.6) is 0 Å². The van der Waals surface area contributed by atoms with Gasteiger partial charge in [-0.3, -0.25) is 4.90 Å². The third kappa shape index (κ3) is 2.44. The Hall–Kier alpha value is -1.58. The van der Waals surface area contributed by atoms with Gasteiger partial charge in [0.1, 0.15) is 5.82 Å². The first-order valence-electron chi connectivity index (χ1n) is 6.16. The number of nitrogens with zero attached hydrogens (tertiary/aromatic N) is 1. The predicted octanol–water partition coefficient (Wildman–Crippen LogP) is 3.58. The fraction of sp³-hybridized carbons (Fsp3) is 0.200. The molecule has 2 N–H and O–H groups in total. The molecule has 1 aliphatic heterocycles. The zero-order chi connectivity index (χ0) is 13.4. The summed E-state index contributed by atoms with van der Waals surface area (Å²) >= 11 is 5.91. The van der Waals surface area contributed by atoms with Crippen molar-refractivity contribution >= 4 is 17.3 Å². The average Bonchev–Trinajstić information content (AvgIpc) is 2.78. The van der Waals surface area contributed by atoms with E-state index in [4.69, 9.17) is 17.3 Å². The molecular weight excluding hydrogens is 263 g/mol. The highest BCUT2D eigenvalue weighted by molar-refractivity contribution is 6.30. The predicted molar refractivity (Wildman–Crippen MR) is 75.2 cm³/mol. The second kappa shape index (κ2) is 4.83. The Morgan fingerprint density at radius 1 is 1.21 bits per heavy atom. The summed E-state index contributed by atoms with van der Waals surface area (Å²) in [5.74, 6) is -0.215. The Labute approximate surface area is 116 Å². The first-order chi connectivity index (χ1) is 9.13. The van der Waals surface area contributed by atoms with E-state index in [0.717, 1.165) is 24.3 Å². The van der Waals surface area contributed by atoms with Crippen LogP contribution in [0, 0.1) is 5.82 Å². The standard InChI is InChI=1S/C15H14ClFN2/c16-12-4-5-14(17)11(6-12)8-19-7-10-2-1-3-15(18)13(10)9-19/h1-6H,7-9,18H2. The molecule has 4 heteroatoms. The molecule has 1 heterocycles. The summed E-state index contributed by atoms with van der Waals surface area (Å²) in [6.07, 6.45) is 0. The molecule has 0 fully saturated rings. The maximum absolute atomic E-state index is 13.7. The zero-order valence-electron chi connectivity index (χ0n) is 10.4. The summed E-state index contributed by atoms with van der Waals surface area (Å²) < 4.78 is 13.7. The van der Waals surface area contributed by atoms with Crippen LogP contribution in [0.15, 0.2) is 36.4 Å². The van der Waals surface area contributed by atoms with E-state index in [0.29, 0.717) is 17.1 Å². The average molecular weight is 277 g/mol. The maximum Gasteiger partial charge on any atom is 0.127 e. The van der Waals surface area contributed by atoms with Crippen LogP contribution in [0.2, 0.25) is 5.02 Å². The molecule has 0 bridgehead atoms. The molecule has 0 atom stereocenters. The maximum atomic E-state index is 13.7. The SMILES string of the molecule is Nc1cccc2c1CN(Cc1cc(Cl)ccc1F)C2. The number of benzene rings is 2. The summed E-state index contributed by atoms with van der Waals surface area (Å²) in [5, 5.41) is 0.563. The number of fused-ring (bicyclic) bond motifs is 1. The molecule has 0 aromatic heterocycles. The molecule has 0 saturated carbocycles. The molecule has 0 amide bonds. The number of hydrogen-bond donors (Lipinski definition) is 1. The molecule has 0 unspecified atom stereocenters. The number of hydrogen-bond acceptors (Lipinski definition) is 2. The summed E-state index contributed by atoms with van der Waals surface area (Å²) in [4.78, 5) is 2.16. The van der Waals surface area contributed by atoms with Gasteiger partial charge in [-0.05, 0) is 35.4 Å². The number of halogens is 2. The van der Waals surface area contributed by atoms with E-state index in [1.165, 1.54) is 11.6 Å². The first kappa shape index (κ1) is 12.5. The van der Waals surface area contributed by atoms with E-state index in [-0.39, 0.29) is 5.82 Å². The minimum Gasteiger partial charge on any atom is -0.398 e. The normalized spacial score (nSPS) is 14.6. The Kier molecular flexibility index (Phi) is 3.17. The number of nitrogens with two attached hydrogens (primary N) is 1. The smallest absolute Gasteiger partial charge is 0.127 e. The number of nitrogen functional groups attached to an aromatic ring is 1. The van der Waals surface area contributed by atoms with Crippen LogP contribution < -0.4 is 5.73 Å². The van der Waals surface area contributed by atoms with E-state index in [2.05, 4.69) is 11.0 Å². The molecule has 2 nitrogen and oxygen atoms in total. The topological polar surface area (TPSA) is 29.3 Å². The lowest BCUT2D eigenvalue weighted by Crippen LogP contribution is -2.16. The molecular formula is C15H14ClFN2. The Bertz CT molecular complexity index is 628. The van der Waals surface area contributed by atoms with Gasteiger partial charge in [0.25, 0.3) is 0 Å². The van der Waals surface area contributed by atoms with Gasteiger partial charge in [-0.25, -0.2) is 4.39 Å². The molecule has 2 aromatic rings. The van der Waals surface area contributed by atoms with Crippen molar-refractivity contribution in [3.63, 3.8) is 0 Å². The van der Waals surface area contributed by atoms with Crippen molar-refractivity contribution in [2.24, 2.45) is 0 Å². The van der Waals surface area contributed by atoms with Crippen molar-refractivity contribution in [2.45, 2.75) is 19.6 Å². The fourth-order valence-corrected chi connectivity index (χ4v) is 2.73. The van der Waals surface area contributed by atoms with Gasteiger partial charge in [0, 0.05) is 35.9 Å². The van der Waals surface area contributed by atoms with Gasteiger partial charge in [-0.15, -0.1) is 0 Å². The van der Waals surface area contributed by atoms with E-state index in [1.54, 1.807) is 12.1 Å². The lowest BCUT2D eigenvalue weighted by Gasteiger charge is -2.15. The van der Waals surface area contributed by atoms with Gasteiger partial charge in [0.15, 0.2) is 0 Å². The number of anilines is 1. The summed E-state index contributed by atoms with van der Waals surface area (Å²) in [5.41, 5.74) is 9.78. The van der Waals surface area contributed by atoms with Crippen molar-refractivity contribution in [1.82, 2.24) is 4.90 Å². The summed E-state index contributed by atoms with van der Waals surface area (Å²) in [6.45, 7) is 2.10. The second-order valence-corrected chi connectivity index (χ2v) is 5.30. The highest BCUT2D eigenvalue weighted by Crippen LogP contribution is 2.29. The van der Waals surface area contributed by atoms with E-state index < -0.39 is 0 Å². The Morgan fingerprint density at radius 2 is 2.05 bits per heavy atom. The Morgan fingerprint density at radius 3 is 2.84 bits per heavy atom. The summed E-state index contributed by atoms with van der Waals surface area (Å²) in [6, 6.07) is 10.6.